The van der Waals surface area contributed by atoms with Crippen LogP contribution >= 0.6 is 11.6 Å². The van der Waals surface area contributed by atoms with Crippen molar-refractivity contribution >= 4 is 17.5 Å². The maximum Gasteiger partial charge on any atom is 0.269 e. The highest BCUT2D eigenvalue weighted by molar-refractivity contribution is 6.30. The summed E-state index contributed by atoms with van der Waals surface area (Å²) in [7, 11) is 2.96. The van der Waals surface area contributed by atoms with Crippen LogP contribution in [0.3, 0.4) is 0 Å². The van der Waals surface area contributed by atoms with Crippen molar-refractivity contribution in [3.8, 4) is 5.88 Å². The number of carbonyl (C=O) groups is 1. The minimum atomic E-state index is -2.64. The van der Waals surface area contributed by atoms with E-state index in [0.717, 1.165) is 25.7 Å². The number of hydrogen-bond acceptors (Lipinski definition) is 4. The molecule has 3 rings (SSSR count). The molecule has 31 heavy (non-hydrogen) atoms. The molecule has 1 N–H and O–H groups in total. The lowest BCUT2D eigenvalue weighted by molar-refractivity contribution is 0.0817. The molecule has 0 spiro atoms. The molecular weight excluding hydrogens is 426 g/mol. The average Bonchev–Trinajstić information content (AvgIpc) is 2.78. The van der Waals surface area contributed by atoms with Gasteiger partial charge in [-0.25, -0.2) is 13.8 Å². The third-order valence-corrected chi connectivity index (χ3v) is 6.20. The molecule has 1 saturated carbocycles. The molecule has 1 heterocycles. The van der Waals surface area contributed by atoms with Crippen molar-refractivity contribution in [2.24, 2.45) is 5.92 Å². The normalized spacial score (nSPS) is 19.8. The zero-order chi connectivity index (χ0) is 22.4. The van der Waals surface area contributed by atoms with Crippen LogP contribution in [0, 0.1) is 5.92 Å². The molecule has 1 amide bonds. The van der Waals surface area contributed by atoms with Gasteiger partial charge >= 0.3 is 0 Å². The second-order valence-corrected chi connectivity index (χ2v) is 8.21. The number of pyridine rings is 1. The highest BCUT2D eigenvalue weighted by atomic mass is 35.5. The van der Waals surface area contributed by atoms with E-state index in [1.165, 1.54) is 13.3 Å². The van der Waals surface area contributed by atoms with E-state index in [2.05, 4.69) is 10.3 Å². The van der Waals surface area contributed by atoms with Gasteiger partial charge in [0.05, 0.1) is 25.3 Å². The standard InChI is InChI=1S/C23H27ClF2N2O3/c1-30-13-19(28-22(29)16-7-9-17(24)10-8-16)15-5-3-14(4-6-15)18-11-12-27-23(31-2)20(18)21(25)26/h7-12,14-15,19,21H,3-6,13H2,1-2H3,(H,28,29)/t14?,15?,19-/m1/s1. The Morgan fingerprint density at radius 2 is 1.84 bits per heavy atom. The summed E-state index contributed by atoms with van der Waals surface area (Å²) in [6, 6.07) is 8.23. The number of alkyl halides is 2. The van der Waals surface area contributed by atoms with Gasteiger partial charge in [0.1, 0.15) is 0 Å². The fourth-order valence-corrected chi connectivity index (χ4v) is 4.49. The van der Waals surface area contributed by atoms with Crippen molar-refractivity contribution in [3.63, 3.8) is 0 Å². The molecule has 1 aliphatic carbocycles. The highest BCUT2D eigenvalue weighted by Crippen LogP contribution is 2.42. The number of amides is 1. The van der Waals surface area contributed by atoms with Gasteiger partial charge in [0, 0.05) is 23.9 Å². The van der Waals surface area contributed by atoms with Crippen LogP contribution < -0.4 is 10.1 Å². The molecular formula is C23H27ClF2N2O3. The van der Waals surface area contributed by atoms with E-state index in [0.29, 0.717) is 22.8 Å². The number of methoxy groups -OCH3 is 2. The summed E-state index contributed by atoms with van der Waals surface area (Å²) in [6.45, 7) is 0.389. The Labute approximate surface area is 186 Å². The van der Waals surface area contributed by atoms with Crippen LogP contribution in [0.25, 0.3) is 0 Å². The Hall–Kier alpha value is -2.25. The summed E-state index contributed by atoms with van der Waals surface area (Å²) in [5.74, 6) is 0.0142. The van der Waals surface area contributed by atoms with Gasteiger partial charge in [-0.05, 0) is 73.4 Å². The van der Waals surface area contributed by atoms with Gasteiger partial charge in [0.25, 0.3) is 12.3 Å². The smallest absolute Gasteiger partial charge is 0.269 e. The third-order valence-electron chi connectivity index (χ3n) is 5.95. The summed E-state index contributed by atoms with van der Waals surface area (Å²) < 4.78 is 37.8. The number of halogens is 3. The molecule has 1 aliphatic rings. The maximum absolute atomic E-state index is 13.7. The van der Waals surface area contributed by atoms with E-state index in [1.807, 2.05) is 0 Å². The Bertz CT molecular complexity index is 872. The molecule has 0 unspecified atom stereocenters. The van der Waals surface area contributed by atoms with E-state index in [9.17, 15) is 13.6 Å². The van der Waals surface area contributed by atoms with E-state index in [-0.39, 0.29) is 35.2 Å². The molecule has 0 radical (unpaired) electrons. The van der Waals surface area contributed by atoms with Crippen LogP contribution in [-0.4, -0.2) is 37.8 Å². The number of hydrogen-bond donors (Lipinski definition) is 1. The lowest BCUT2D eigenvalue weighted by atomic mass is 9.75. The average molecular weight is 453 g/mol. The third kappa shape index (κ3) is 5.71. The number of benzene rings is 1. The van der Waals surface area contributed by atoms with Crippen molar-refractivity contribution in [2.75, 3.05) is 20.8 Å². The highest BCUT2D eigenvalue weighted by Gasteiger charge is 2.32. The second kappa shape index (κ2) is 10.9. The van der Waals surface area contributed by atoms with Crippen molar-refractivity contribution < 1.29 is 23.0 Å². The number of nitrogens with one attached hydrogen (secondary N) is 1. The van der Waals surface area contributed by atoms with Crippen molar-refractivity contribution in [2.45, 2.75) is 44.1 Å². The fraction of sp³-hybridized carbons (Fsp3) is 0.478. The first-order valence-electron chi connectivity index (χ1n) is 10.3. The number of rotatable bonds is 8. The lowest BCUT2D eigenvalue weighted by Gasteiger charge is -2.35. The molecule has 1 aromatic carbocycles. The lowest BCUT2D eigenvalue weighted by Crippen LogP contribution is -2.44. The summed E-state index contributed by atoms with van der Waals surface area (Å²) in [4.78, 5) is 16.6. The maximum atomic E-state index is 13.7. The molecule has 0 aliphatic heterocycles. The summed E-state index contributed by atoms with van der Waals surface area (Å²) >= 11 is 5.90. The number of nitrogens with zero attached hydrogens (tertiary/aromatic N) is 1. The minimum Gasteiger partial charge on any atom is -0.481 e. The molecule has 5 nitrogen and oxygen atoms in total. The molecule has 0 saturated heterocycles. The first-order valence-corrected chi connectivity index (χ1v) is 10.7. The first kappa shape index (κ1) is 23.4. The minimum absolute atomic E-state index is 0.00677. The summed E-state index contributed by atoms with van der Waals surface area (Å²) in [6.07, 6.45) is 1.96. The van der Waals surface area contributed by atoms with Crippen LogP contribution in [0.15, 0.2) is 36.5 Å². The van der Waals surface area contributed by atoms with Crippen LogP contribution in [0.2, 0.25) is 5.02 Å². The molecule has 0 bridgehead atoms. The van der Waals surface area contributed by atoms with Gasteiger partial charge in [-0.3, -0.25) is 4.79 Å². The van der Waals surface area contributed by atoms with E-state index in [4.69, 9.17) is 21.1 Å². The first-order chi connectivity index (χ1) is 14.9. The summed E-state index contributed by atoms with van der Waals surface area (Å²) in [5.41, 5.74) is 1.02. The molecule has 2 aromatic rings. The monoisotopic (exact) mass is 452 g/mol. The van der Waals surface area contributed by atoms with Crippen molar-refractivity contribution in [1.82, 2.24) is 10.3 Å². The fourth-order valence-electron chi connectivity index (χ4n) is 4.37. The van der Waals surface area contributed by atoms with Crippen LogP contribution in [-0.2, 0) is 4.74 Å². The van der Waals surface area contributed by atoms with E-state index in [1.54, 1.807) is 37.4 Å². The molecule has 1 aromatic heterocycles. The topological polar surface area (TPSA) is 60.5 Å². The van der Waals surface area contributed by atoms with E-state index < -0.39 is 6.43 Å². The van der Waals surface area contributed by atoms with Crippen LogP contribution in [0.5, 0.6) is 5.88 Å². The number of carbonyl (C=O) groups excluding carboxylic acids is 1. The van der Waals surface area contributed by atoms with Gasteiger partial charge < -0.3 is 14.8 Å². The second-order valence-electron chi connectivity index (χ2n) is 7.78. The molecule has 1 fully saturated rings. The van der Waals surface area contributed by atoms with Gasteiger partial charge in [-0.1, -0.05) is 11.6 Å². The number of ether oxygens (including phenoxy) is 2. The van der Waals surface area contributed by atoms with Gasteiger partial charge in [0.2, 0.25) is 5.88 Å². The Morgan fingerprint density at radius 3 is 2.42 bits per heavy atom. The van der Waals surface area contributed by atoms with Gasteiger partial charge in [-0.15, -0.1) is 0 Å². The quantitative estimate of drug-likeness (QED) is 0.582. The zero-order valence-electron chi connectivity index (χ0n) is 17.6. The van der Waals surface area contributed by atoms with Gasteiger partial charge in [-0.2, -0.15) is 0 Å². The van der Waals surface area contributed by atoms with Crippen LogP contribution in [0.4, 0.5) is 8.78 Å². The van der Waals surface area contributed by atoms with E-state index >= 15 is 0 Å². The van der Waals surface area contributed by atoms with Gasteiger partial charge in [0.15, 0.2) is 0 Å². The largest absolute Gasteiger partial charge is 0.481 e. The molecule has 8 heteroatoms. The summed E-state index contributed by atoms with van der Waals surface area (Å²) in [5, 5.41) is 3.64. The zero-order valence-corrected chi connectivity index (χ0v) is 18.4. The molecule has 1 atom stereocenters. The van der Waals surface area contributed by atoms with Crippen molar-refractivity contribution in [1.29, 1.82) is 0 Å². The Kier molecular flexibility index (Phi) is 8.21. The van der Waals surface area contributed by atoms with Crippen LogP contribution in [0.1, 0.15) is 59.5 Å². The SMILES string of the molecule is COC[C@@H](NC(=O)c1ccc(Cl)cc1)C1CCC(c2ccnc(OC)c2C(F)F)CC1. The predicted molar refractivity (Wildman–Crippen MR) is 115 cm³/mol. The Balaban J connectivity index is 1.68. The van der Waals surface area contributed by atoms with Crippen molar-refractivity contribution in [3.05, 3.63) is 58.2 Å². The number of aromatic nitrogens is 1. The predicted octanol–water partition coefficient (Wildman–Crippen LogP) is 5.40. The Morgan fingerprint density at radius 1 is 1.16 bits per heavy atom. The molecule has 168 valence electrons.